The molecule has 0 aromatic heterocycles. The number of carboxylic acid groups (broad SMARTS) is 1. The number of hydrogen-bond acceptors (Lipinski definition) is 6. The van der Waals surface area contributed by atoms with E-state index in [0.717, 1.165) is 57.8 Å². The van der Waals surface area contributed by atoms with Crippen LogP contribution in [0.2, 0.25) is 0 Å². The van der Waals surface area contributed by atoms with Gasteiger partial charge < -0.3 is 25.6 Å². The van der Waals surface area contributed by atoms with E-state index < -0.39 is 24.5 Å². The number of ether oxygens (including phenoxy) is 1. The average Bonchev–Trinajstić information content (AvgIpc) is 2.95. The summed E-state index contributed by atoms with van der Waals surface area (Å²) < 4.78 is 5.78. The summed E-state index contributed by atoms with van der Waals surface area (Å²) in [5.74, 6) is -2.44. The number of nitrogens with one attached hydrogen (secondary N) is 2. The van der Waals surface area contributed by atoms with E-state index in [1.807, 2.05) is 6.08 Å². The Labute approximate surface area is 247 Å². The molecule has 9 nitrogen and oxygen atoms in total. The van der Waals surface area contributed by atoms with Crippen LogP contribution in [0.25, 0.3) is 0 Å². The maximum absolute atomic E-state index is 12.4. The van der Waals surface area contributed by atoms with Gasteiger partial charge in [0.1, 0.15) is 12.1 Å². The Balaban J connectivity index is 4.30. The van der Waals surface area contributed by atoms with E-state index in [-0.39, 0.29) is 30.9 Å². The van der Waals surface area contributed by atoms with Crippen molar-refractivity contribution in [3.63, 3.8) is 0 Å². The number of hydrogen-bond donors (Lipinski definition) is 4. The van der Waals surface area contributed by atoms with Crippen molar-refractivity contribution < 1.29 is 34.1 Å². The Morgan fingerprint density at radius 1 is 0.756 bits per heavy atom. The predicted molar refractivity (Wildman–Crippen MR) is 162 cm³/mol. The van der Waals surface area contributed by atoms with Crippen molar-refractivity contribution in [2.75, 3.05) is 13.2 Å². The second-order valence-corrected chi connectivity index (χ2v) is 10.5. The Hall–Kier alpha value is -2.68. The van der Waals surface area contributed by atoms with Crippen LogP contribution < -0.4 is 10.6 Å². The van der Waals surface area contributed by atoms with Crippen molar-refractivity contribution in [2.24, 2.45) is 0 Å². The molecule has 2 amide bonds. The molecular weight excluding hydrogens is 524 g/mol. The number of rotatable bonds is 27. The van der Waals surface area contributed by atoms with Gasteiger partial charge in [0, 0.05) is 12.8 Å². The standard InChI is InChI=1S/C32H56N2O7/c1-3-5-7-9-11-12-14-20-24-31(38)41-27(21-17-13-10-8-6-4-2)22-18-15-16-19-23-29(36)33-25-30(37)34-28(26-35)32(39)40/h8,10,17,21,27-28,35H,3-7,9,11-16,18-20,22-26H2,1-2H3,(H,33,36)(H,34,37)(H,39,40)/b10-8-,21-17-. The van der Waals surface area contributed by atoms with Gasteiger partial charge in [0.2, 0.25) is 11.8 Å². The number of carboxylic acids is 1. The number of amides is 2. The van der Waals surface area contributed by atoms with Crippen LogP contribution in [0.1, 0.15) is 129 Å². The van der Waals surface area contributed by atoms with Crippen molar-refractivity contribution in [3.8, 4) is 0 Å². The lowest BCUT2D eigenvalue weighted by molar-refractivity contribution is -0.147. The monoisotopic (exact) mass is 580 g/mol. The molecular formula is C32H56N2O7. The molecule has 0 aromatic carbocycles. The fourth-order valence-electron chi connectivity index (χ4n) is 4.20. The molecule has 0 fully saturated rings. The molecule has 0 radical (unpaired) electrons. The zero-order valence-electron chi connectivity index (χ0n) is 25.5. The van der Waals surface area contributed by atoms with Gasteiger partial charge in [-0.3, -0.25) is 14.4 Å². The summed E-state index contributed by atoms with van der Waals surface area (Å²) in [6, 6.07) is -1.39. The zero-order chi connectivity index (χ0) is 30.6. The van der Waals surface area contributed by atoms with Crippen LogP contribution in [0, 0.1) is 0 Å². The molecule has 0 aliphatic rings. The number of aliphatic hydroxyl groups is 1. The molecule has 9 heteroatoms. The fourth-order valence-corrected chi connectivity index (χ4v) is 4.20. The Morgan fingerprint density at radius 3 is 2.02 bits per heavy atom. The van der Waals surface area contributed by atoms with Gasteiger partial charge in [-0.25, -0.2) is 4.79 Å². The third kappa shape index (κ3) is 24.8. The molecule has 0 spiro atoms. The minimum Gasteiger partial charge on any atom is -0.480 e. The van der Waals surface area contributed by atoms with Gasteiger partial charge in [-0.2, -0.15) is 0 Å². The predicted octanol–water partition coefficient (Wildman–Crippen LogP) is 5.75. The first kappa shape index (κ1) is 38.3. The van der Waals surface area contributed by atoms with Gasteiger partial charge in [0.15, 0.2) is 0 Å². The van der Waals surface area contributed by atoms with E-state index in [2.05, 4.69) is 42.7 Å². The summed E-state index contributed by atoms with van der Waals surface area (Å²) in [7, 11) is 0. The minimum atomic E-state index is -1.39. The Bertz CT molecular complexity index is 767. The van der Waals surface area contributed by atoms with E-state index in [0.29, 0.717) is 12.8 Å². The second kappa shape index (κ2) is 27.5. The largest absolute Gasteiger partial charge is 0.480 e. The molecule has 0 aliphatic carbocycles. The summed E-state index contributed by atoms with van der Waals surface area (Å²) in [5, 5.41) is 22.4. The summed E-state index contributed by atoms with van der Waals surface area (Å²) in [6.07, 6.45) is 25.3. The summed E-state index contributed by atoms with van der Waals surface area (Å²) >= 11 is 0. The second-order valence-electron chi connectivity index (χ2n) is 10.5. The highest BCUT2D eigenvalue weighted by Crippen LogP contribution is 2.14. The number of carbonyl (C=O) groups is 4. The number of allylic oxidation sites excluding steroid dienone is 3. The Kier molecular flexibility index (Phi) is 25.7. The van der Waals surface area contributed by atoms with Crippen LogP contribution in [-0.2, 0) is 23.9 Å². The van der Waals surface area contributed by atoms with Crippen LogP contribution in [0.4, 0.5) is 0 Å². The molecule has 2 unspecified atom stereocenters. The van der Waals surface area contributed by atoms with Crippen LogP contribution in [0.3, 0.4) is 0 Å². The molecule has 0 rings (SSSR count). The van der Waals surface area contributed by atoms with Crippen LogP contribution >= 0.6 is 0 Å². The van der Waals surface area contributed by atoms with Crippen molar-refractivity contribution in [3.05, 3.63) is 24.3 Å². The smallest absolute Gasteiger partial charge is 0.328 e. The zero-order valence-corrected chi connectivity index (χ0v) is 25.5. The van der Waals surface area contributed by atoms with Gasteiger partial charge in [-0.15, -0.1) is 0 Å². The summed E-state index contributed by atoms with van der Waals surface area (Å²) in [4.78, 5) is 47.0. The van der Waals surface area contributed by atoms with E-state index in [4.69, 9.17) is 14.9 Å². The third-order valence-corrected chi connectivity index (χ3v) is 6.67. The highest BCUT2D eigenvalue weighted by Gasteiger charge is 2.18. The Morgan fingerprint density at radius 2 is 1.39 bits per heavy atom. The molecule has 0 aliphatic heterocycles. The van der Waals surface area contributed by atoms with Gasteiger partial charge in [0.05, 0.1) is 13.2 Å². The molecule has 0 heterocycles. The van der Waals surface area contributed by atoms with Crippen molar-refractivity contribution >= 4 is 23.8 Å². The highest BCUT2D eigenvalue weighted by molar-refractivity contribution is 5.87. The highest BCUT2D eigenvalue weighted by atomic mass is 16.5. The van der Waals surface area contributed by atoms with Crippen LogP contribution in [0.5, 0.6) is 0 Å². The van der Waals surface area contributed by atoms with Gasteiger partial charge >= 0.3 is 11.9 Å². The molecule has 41 heavy (non-hydrogen) atoms. The van der Waals surface area contributed by atoms with Crippen LogP contribution in [0.15, 0.2) is 24.3 Å². The third-order valence-electron chi connectivity index (χ3n) is 6.67. The summed E-state index contributed by atoms with van der Waals surface area (Å²) in [5.41, 5.74) is 0. The first-order chi connectivity index (χ1) is 19.8. The molecule has 236 valence electrons. The normalized spacial score (nSPS) is 12.9. The van der Waals surface area contributed by atoms with E-state index in [1.54, 1.807) is 0 Å². The van der Waals surface area contributed by atoms with E-state index in [1.165, 1.54) is 38.5 Å². The topological polar surface area (TPSA) is 142 Å². The SMILES string of the molecule is CCC/C=C\C/C=C\C(CCCCCCC(=O)NCC(=O)NC(CO)C(=O)O)OC(=O)CCCCCCCCCC. The van der Waals surface area contributed by atoms with Crippen molar-refractivity contribution in [1.29, 1.82) is 0 Å². The first-order valence-corrected chi connectivity index (χ1v) is 15.7. The van der Waals surface area contributed by atoms with Crippen LogP contribution in [-0.4, -0.2) is 59.3 Å². The average molecular weight is 581 g/mol. The van der Waals surface area contributed by atoms with E-state index in [9.17, 15) is 19.2 Å². The number of aliphatic hydroxyl groups excluding tert-OH is 1. The quantitative estimate of drug-likeness (QED) is 0.0550. The number of esters is 1. The number of aliphatic carboxylic acids is 1. The molecule has 0 bridgehead atoms. The van der Waals surface area contributed by atoms with Crippen molar-refractivity contribution in [2.45, 2.75) is 142 Å². The van der Waals surface area contributed by atoms with Gasteiger partial charge in [-0.05, 0) is 44.6 Å². The number of carbonyl (C=O) groups excluding carboxylic acids is 3. The fraction of sp³-hybridized carbons (Fsp3) is 0.750. The molecule has 0 aromatic rings. The van der Waals surface area contributed by atoms with Gasteiger partial charge in [0.25, 0.3) is 0 Å². The maximum Gasteiger partial charge on any atom is 0.328 e. The first-order valence-electron chi connectivity index (χ1n) is 15.7. The lowest BCUT2D eigenvalue weighted by atomic mass is 10.1. The molecule has 0 saturated carbocycles. The minimum absolute atomic E-state index is 0.137. The molecule has 2 atom stereocenters. The molecule has 0 saturated heterocycles. The number of unbranched alkanes of at least 4 members (excludes halogenated alkanes) is 11. The van der Waals surface area contributed by atoms with Crippen molar-refractivity contribution in [1.82, 2.24) is 10.6 Å². The van der Waals surface area contributed by atoms with E-state index >= 15 is 0 Å². The maximum atomic E-state index is 12.4. The lowest BCUT2D eigenvalue weighted by Crippen LogP contribution is -2.47. The summed E-state index contributed by atoms with van der Waals surface area (Å²) in [6.45, 7) is 3.30. The molecule has 4 N–H and O–H groups in total. The van der Waals surface area contributed by atoms with Gasteiger partial charge in [-0.1, -0.05) is 96.3 Å². The lowest BCUT2D eigenvalue weighted by Gasteiger charge is -2.15.